The van der Waals surface area contributed by atoms with Crippen molar-refractivity contribution in [1.82, 2.24) is 4.98 Å². The molecule has 5 heteroatoms. The molecule has 2 rings (SSSR count). The minimum absolute atomic E-state index is 0.0264. The molecule has 21 heavy (non-hydrogen) atoms. The van der Waals surface area contributed by atoms with Crippen molar-refractivity contribution in [3.63, 3.8) is 0 Å². The van der Waals surface area contributed by atoms with Gasteiger partial charge in [0.15, 0.2) is 0 Å². The fourth-order valence-electron chi connectivity index (χ4n) is 1.74. The summed E-state index contributed by atoms with van der Waals surface area (Å²) < 4.78 is 0. The van der Waals surface area contributed by atoms with Crippen molar-refractivity contribution >= 4 is 17.3 Å². The molecule has 0 saturated heterocycles. The molecule has 5 nitrogen and oxygen atoms in total. The molecule has 0 atom stereocenters. The second-order valence-electron chi connectivity index (χ2n) is 4.08. The third-order valence-corrected chi connectivity index (χ3v) is 2.73. The van der Waals surface area contributed by atoms with Gasteiger partial charge < -0.3 is 0 Å². The van der Waals surface area contributed by atoms with Gasteiger partial charge in [-0.05, 0) is 30.4 Å². The van der Waals surface area contributed by atoms with Crippen LogP contribution in [0.2, 0.25) is 0 Å². The van der Waals surface area contributed by atoms with Gasteiger partial charge in [0.1, 0.15) is 6.07 Å². The Labute approximate surface area is 121 Å². The lowest BCUT2D eigenvalue weighted by Crippen LogP contribution is -1.90. The molecule has 1 aromatic heterocycles. The van der Waals surface area contributed by atoms with Gasteiger partial charge in [0, 0.05) is 12.3 Å². The smallest absolute Gasteiger partial charge is 0.258 e. The molecule has 0 spiro atoms. The van der Waals surface area contributed by atoms with Gasteiger partial charge in [-0.15, -0.1) is 0 Å². The first-order valence-electron chi connectivity index (χ1n) is 6.15. The Morgan fingerprint density at radius 2 is 2.00 bits per heavy atom. The number of benzene rings is 1. The van der Waals surface area contributed by atoms with Crippen LogP contribution in [-0.4, -0.2) is 9.91 Å². The number of nitriles is 1. The number of nitro benzene ring substituents is 1. The molecule has 0 radical (unpaired) electrons. The average molecular weight is 277 g/mol. The van der Waals surface area contributed by atoms with Gasteiger partial charge in [-0.25, -0.2) is 0 Å². The summed E-state index contributed by atoms with van der Waals surface area (Å²) in [6.45, 7) is 0. The van der Waals surface area contributed by atoms with Gasteiger partial charge in [0.25, 0.3) is 5.69 Å². The minimum Gasteiger partial charge on any atom is -0.258 e. The molecular formula is C16H11N3O2. The first kappa shape index (κ1) is 14.2. The Hall–Kier alpha value is -3.26. The van der Waals surface area contributed by atoms with Gasteiger partial charge >= 0.3 is 0 Å². The summed E-state index contributed by atoms with van der Waals surface area (Å²) in [6, 6.07) is 13.8. The van der Waals surface area contributed by atoms with Crippen LogP contribution in [0.25, 0.3) is 11.6 Å². The lowest BCUT2D eigenvalue weighted by molar-refractivity contribution is -0.385. The second-order valence-corrected chi connectivity index (χ2v) is 4.08. The number of pyridine rings is 1. The van der Waals surface area contributed by atoms with Crippen LogP contribution < -0.4 is 0 Å². The molecule has 0 aliphatic rings. The zero-order valence-electron chi connectivity index (χ0n) is 11.0. The molecule has 0 fully saturated rings. The SMILES string of the molecule is N#C/C(=C\C=C\c1ccccc1[N+](=O)[O-])c1ccccn1. The van der Waals surface area contributed by atoms with Crippen LogP contribution in [0.3, 0.4) is 0 Å². The van der Waals surface area contributed by atoms with Crippen molar-refractivity contribution in [2.24, 2.45) is 0 Å². The highest BCUT2D eigenvalue weighted by Crippen LogP contribution is 2.19. The lowest BCUT2D eigenvalue weighted by Gasteiger charge is -1.96. The first-order chi connectivity index (χ1) is 10.2. The molecule has 0 amide bonds. The largest absolute Gasteiger partial charge is 0.276 e. The first-order valence-corrected chi connectivity index (χ1v) is 6.15. The highest BCUT2D eigenvalue weighted by molar-refractivity contribution is 5.77. The molecule has 1 aromatic carbocycles. The van der Waals surface area contributed by atoms with Gasteiger partial charge in [0.05, 0.1) is 21.8 Å². The highest BCUT2D eigenvalue weighted by Gasteiger charge is 2.08. The summed E-state index contributed by atoms with van der Waals surface area (Å²) in [5.74, 6) is 0. The van der Waals surface area contributed by atoms with Crippen LogP contribution in [0.5, 0.6) is 0 Å². The van der Waals surface area contributed by atoms with E-state index in [1.807, 2.05) is 0 Å². The predicted molar refractivity (Wildman–Crippen MR) is 80.0 cm³/mol. The average Bonchev–Trinajstić information content (AvgIpc) is 2.52. The second kappa shape index (κ2) is 6.78. The maximum Gasteiger partial charge on any atom is 0.276 e. The molecule has 2 aromatic rings. The van der Waals surface area contributed by atoms with Crippen LogP contribution >= 0.6 is 0 Å². The monoisotopic (exact) mass is 277 g/mol. The van der Waals surface area contributed by atoms with Gasteiger partial charge in [-0.3, -0.25) is 15.1 Å². The Morgan fingerprint density at radius 3 is 2.67 bits per heavy atom. The van der Waals surface area contributed by atoms with E-state index in [9.17, 15) is 10.1 Å². The standard InChI is InChI=1S/C16H11N3O2/c17-12-14(15-9-3-4-11-18-15)8-5-7-13-6-1-2-10-16(13)19(20)21/h1-11H/b7-5+,14-8+. The summed E-state index contributed by atoms with van der Waals surface area (Å²) in [6.07, 6.45) is 6.39. The maximum absolute atomic E-state index is 10.9. The normalized spacial score (nSPS) is 11.3. The minimum atomic E-state index is -0.437. The highest BCUT2D eigenvalue weighted by atomic mass is 16.6. The van der Waals surface area contributed by atoms with Crippen molar-refractivity contribution in [3.05, 3.63) is 82.2 Å². The zero-order valence-corrected chi connectivity index (χ0v) is 11.0. The van der Waals surface area contributed by atoms with Crippen molar-refractivity contribution in [3.8, 4) is 6.07 Å². The van der Waals surface area contributed by atoms with Crippen LogP contribution in [0, 0.1) is 21.4 Å². The molecule has 102 valence electrons. The summed E-state index contributed by atoms with van der Waals surface area (Å²) >= 11 is 0. The number of aromatic nitrogens is 1. The van der Waals surface area contributed by atoms with E-state index in [0.29, 0.717) is 16.8 Å². The molecule has 0 saturated carbocycles. The number of nitrogens with zero attached hydrogens (tertiary/aromatic N) is 3. The van der Waals surface area contributed by atoms with E-state index in [-0.39, 0.29) is 5.69 Å². The Balaban J connectivity index is 2.28. The topological polar surface area (TPSA) is 79.8 Å². The third kappa shape index (κ3) is 3.61. The van der Waals surface area contributed by atoms with Crippen LogP contribution in [0.4, 0.5) is 5.69 Å². The predicted octanol–water partition coefficient (Wildman–Crippen LogP) is 3.61. The number of hydrogen-bond acceptors (Lipinski definition) is 4. The van der Waals surface area contributed by atoms with E-state index in [0.717, 1.165) is 0 Å². The van der Waals surface area contributed by atoms with Crippen molar-refractivity contribution in [2.75, 3.05) is 0 Å². The van der Waals surface area contributed by atoms with Crippen LogP contribution in [0.15, 0.2) is 60.8 Å². The van der Waals surface area contributed by atoms with Gasteiger partial charge in [-0.1, -0.05) is 24.3 Å². The zero-order chi connectivity index (χ0) is 15.1. The van der Waals surface area contributed by atoms with E-state index in [1.165, 1.54) is 6.07 Å². The Bertz CT molecular complexity index is 744. The fraction of sp³-hybridized carbons (Fsp3) is 0. The molecule has 0 N–H and O–H groups in total. The van der Waals surface area contributed by atoms with Crippen LogP contribution in [0.1, 0.15) is 11.3 Å². The van der Waals surface area contributed by atoms with E-state index in [2.05, 4.69) is 11.1 Å². The summed E-state index contributed by atoms with van der Waals surface area (Å²) in [4.78, 5) is 14.5. The molecular weight excluding hydrogens is 266 g/mol. The number of rotatable bonds is 4. The van der Waals surface area contributed by atoms with Crippen molar-refractivity contribution < 1.29 is 4.92 Å². The van der Waals surface area contributed by atoms with Crippen LogP contribution in [-0.2, 0) is 0 Å². The molecule has 0 aliphatic heterocycles. The maximum atomic E-state index is 10.9. The molecule has 0 unspecified atom stereocenters. The third-order valence-electron chi connectivity index (χ3n) is 2.73. The lowest BCUT2D eigenvalue weighted by atomic mass is 10.1. The summed E-state index contributed by atoms with van der Waals surface area (Å²) in [7, 11) is 0. The van der Waals surface area contributed by atoms with E-state index >= 15 is 0 Å². The summed E-state index contributed by atoms with van der Waals surface area (Å²) in [5.41, 5.74) is 1.47. The molecule has 1 heterocycles. The van der Waals surface area contributed by atoms with Crippen molar-refractivity contribution in [2.45, 2.75) is 0 Å². The Morgan fingerprint density at radius 1 is 1.24 bits per heavy atom. The van der Waals surface area contributed by atoms with E-state index in [1.54, 1.807) is 60.8 Å². The van der Waals surface area contributed by atoms with E-state index in [4.69, 9.17) is 5.26 Å². The number of hydrogen-bond donors (Lipinski definition) is 0. The fourth-order valence-corrected chi connectivity index (χ4v) is 1.74. The van der Waals surface area contributed by atoms with E-state index < -0.39 is 4.92 Å². The molecule has 0 aliphatic carbocycles. The quantitative estimate of drug-likeness (QED) is 0.370. The summed E-state index contributed by atoms with van der Waals surface area (Å²) in [5, 5.41) is 20.0. The number of allylic oxidation sites excluding steroid dienone is 3. The van der Waals surface area contributed by atoms with Crippen molar-refractivity contribution in [1.29, 1.82) is 5.26 Å². The van der Waals surface area contributed by atoms with Gasteiger partial charge in [0.2, 0.25) is 0 Å². The Kier molecular flexibility index (Phi) is 4.57. The number of para-hydroxylation sites is 1. The number of nitro groups is 1. The van der Waals surface area contributed by atoms with Gasteiger partial charge in [-0.2, -0.15) is 5.26 Å². The molecule has 0 bridgehead atoms.